The molecule has 17 heavy (non-hydrogen) atoms. The maximum atomic E-state index is 11.8. The van der Waals surface area contributed by atoms with Gasteiger partial charge in [-0.3, -0.25) is 9.59 Å². The average molecular weight is 300 g/mol. The van der Waals surface area contributed by atoms with Crippen LogP contribution in [0.1, 0.15) is 30.1 Å². The summed E-state index contributed by atoms with van der Waals surface area (Å²) < 4.78 is 0.725. The van der Waals surface area contributed by atoms with E-state index in [0.717, 1.165) is 4.47 Å². The third-order valence-corrected chi connectivity index (χ3v) is 2.98. The highest BCUT2D eigenvalue weighted by Gasteiger charge is 2.12. The Morgan fingerprint density at radius 2 is 2.06 bits per heavy atom. The predicted octanol–water partition coefficient (Wildman–Crippen LogP) is 2.43. The van der Waals surface area contributed by atoms with Gasteiger partial charge >= 0.3 is 5.97 Å². The number of carboxylic acids is 1. The van der Waals surface area contributed by atoms with Gasteiger partial charge in [-0.1, -0.05) is 12.1 Å². The van der Waals surface area contributed by atoms with Gasteiger partial charge in [-0.05, 0) is 41.4 Å². The van der Waals surface area contributed by atoms with E-state index in [4.69, 9.17) is 5.11 Å². The Labute approximate surface area is 108 Å². The molecule has 0 spiro atoms. The zero-order valence-corrected chi connectivity index (χ0v) is 11.0. The third-order valence-electron chi connectivity index (χ3n) is 2.29. The quantitative estimate of drug-likeness (QED) is 0.877. The molecule has 1 atom stereocenters. The largest absolute Gasteiger partial charge is 0.481 e. The van der Waals surface area contributed by atoms with Gasteiger partial charge in [-0.15, -0.1) is 0 Å². The van der Waals surface area contributed by atoms with Crippen molar-refractivity contribution in [1.82, 2.24) is 5.32 Å². The molecule has 1 aromatic rings. The molecule has 5 heteroatoms. The zero-order valence-electron chi connectivity index (χ0n) is 9.44. The van der Waals surface area contributed by atoms with Gasteiger partial charge in [-0.2, -0.15) is 0 Å². The second-order valence-corrected chi connectivity index (χ2v) is 4.64. The lowest BCUT2D eigenvalue weighted by Crippen LogP contribution is -2.33. The van der Waals surface area contributed by atoms with E-state index >= 15 is 0 Å². The fourth-order valence-corrected chi connectivity index (χ4v) is 1.82. The van der Waals surface area contributed by atoms with E-state index in [0.29, 0.717) is 12.0 Å². The topological polar surface area (TPSA) is 66.4 Å². The molecule has 0 fully saturated rings. The summed E-state index contributed by atoms with van der Waals surface area (Å²) in [6, 6.07) is 6.95. The van der Waals surface area contributed by atoms with Crippen molar-refractivity contribution in [3.05, 3.63) is 34.3 Å². The highest BCUT2D eigenvalue weighted by Crippen LogP contribution is 2.15. The van der Waals surface area contributed by atoms with Crippen LogP contribution in [0.15, 0.2) is 28.7 Å². The van der Waals surface area contributed by atoms with E-state index in [1.165, 1.54) is 0 Å². The summed E-state index contributed by atoms with van der Waals surface area (Å²) in [5, 5.41) is 11.3. The van der Waals surface area contributed by atoms with Crippen LogP contribution in [0.3, 0.4) is 0 Å². The van der Waals surface area contributed by atoms with Gasteiger partial charge in [0.15, 0.2) is 0 Å². The maximum Gasteiger partial charge on any atom is 0.303 e. The molecule has 2 N–H and O–H groups in total. The lowest BCUT2D eigenvalue weighted by molar-refractivity contribution is -0.137. The van der Waals surface area contributed by atoms with Crippen LogP contribution in [-0.2, 0) is 4.79 Å². The Kier molecular flexibility index (Phi) is 5.15. The smallest absolute Gasteiger partial charge is 0.303 e. The van der Waals surface area contributed by atoms with Gasteiger partial charge in [0.1, 0.15) is 0 Å². The summed E-state index contributed by atoms with van der Waals surface area (Å²) in [6.45, 7) is 1.79. The number of carbonyl (C=O) groups is 2. The highest BCUT2D eigenvalue weighted by atomic mass is 79.9. The maximum absolute atomic E-state index is 11.8. The summed E-state index contributed by atoms with van der Waals surface area (Å²) in [7, 11) is 0. The Bertz CT molecular complexity index is 420. The van der Waals surface area contributed by atoms with E-state index in [1.54, 1.807) is 25.1 Å². The molecule has 4 nitrogen and oxygen atoms in total. The second kappa shape index (κ2) is 6.39. The van der Waals surface area contributed by atoms with Crippen LogP contribution in [-0.4, -0.2) is 23.0 Å². The van der Waals surface area contributed by atoms with Crippen LogP contribution in [0.25, 0.3) is 0 Å². The molecule has 0 aliphatic carbocycles. The van der Waals surface area contributed by atoms with Gasteiger partial charge in [0.2, 0.25) is 0 Å². The number of aliphatic carboxylic acids is 1. The number of hydrogen-bond donors (Lipinski definition) is 2. The molecule has 1 amide bonds. The monoisotopic (exact) mass is 299 g/mol. The normalized spacial score (nSPS) is 11.9. The molecule has 0 aromatic heterocycles. The minimum Gasteiger partial charge on any atom is -0.481 e. The molecule has 0 saturated carbocycles. The Hall–Kier alpha value is -1.36. The molecule has 1 rings (SSSR count). The van der Waals surface area contributed by atoms with Gasteiger partial charge in [-0.25, -0.2) is 0 Å². The first kappa shape index (κ1) is 13.7. The zero-order chi connectivity index (χ0) is 12.8. The summed E-state index contributed by atoms with van der Waals surface area (Å²) >= 11 is 3.29. The van der Waals surface area contributed by atoms with E-state index < -0.39 is 5.97 Å². The molecular weight excluding hydrogens is 286 g/mol. The Balaban J connectivity index is 2.55. The van der Waals surface area contributed by atoms with E-state index in [9.17, 15) is 9.59 Å². The van der Waals surface area contributed by atoms with Crippen LogP contribution < -0.4 is 5.32 Å². The average Bonchev–Trinajstić information content (AvgIpc) is 2.26. The van der Waals surface area contributed by atoms with Crippen molar-refractivity contribution >= 4 is 27.8 Å². The fourth-order valence-electron chi connectivity index (χ4n) is 1.36. The van der Waals surface area contributed by atoms with E-state index in [1.807, 2.05) is 6.07 Å². The molecule has 92 valence electrons. The van der Waals surface area contributed by atoms with Crippen LogP contribution in [0, 0.1) is 0 Å². The molecule has 0 heterocycles. The van der Waals surface area contributed by atoms with Crippen LogP contribution >= 0.6 is 15.9 Å². The van der Waals surface area contributed by atoms with Gasteiger partial charge in [0.25, 0.3) is 5.91 Å². The minimum atomic E-state index is -0.855. The van der Waals surface area contributed by atoms with Crippen molar-refractivity contribution in [2.45, 2.75) is 25.8 Å². The minimum absolute atomic E-state index is 0.0530. The molecule has 0 aliphatic rings. The van der Waals surface area contributed by atoms with E-state index in [2.05, 4.69) is 21.2 Å². The second-order valence-electron chi connectivity index (χ2n) is 3.79. The van der Waals surface area contributed by atoms with Crippen molar-refractivity contribution in [2.24, 2.45) is 0 Å². The summed E-state index contributed by atoms with van der Waals surface area (Å²) in [6.07, 6.45) is 0.475. The number of halogens is 1. The van der Waals surface area contributed by atoms with Crippen LogP contribution in [0.2, 0.25) is 0 Å². The molecule has 0 radical (unpaired) electrons. The van der Waals surface area contributed by atoms with Crippen molar-refractivity contribution in [1.29, 1.82) is 0 Å². The van der Waals surface area contributed by atoms with Gasteiger partial charge in [0, 0.05) is 16.9 Å². The standard InChI is InChI=1S/C12H14BrNO3/c1-8(6-7-11(15)16)14-12(17)9-4-2-3-5-10(9)13/h2-5,8H,6-7H2,1H3,(H,14,17)(H,15,16). The van der Waals surface area contributed by atoms with Gasteiger partial charge < -0.3 is 10.4 Å². The number of carbonyl (C=O) groups excluding carboxylic acids is 1. The molecule has 0 bridgehead atoms. The van der Waals surface area contributed by atoms with Gasteiger partial charge in [0.05, 0.1) is 5.56 Å². The van der Waals surface area contributed by atoms with Crippen molar-refractivity contribution < 1.29 is 14.7 Å². The van der Waals surface area contributed by atoms with Crippen LogP contribution in [0.5, 0.6) is 0 Å². The number of carboxylic acid groups (broad SMARTS) is 1. The SMILES string of the molecule is CC(CCC(=O)O)NC(=O)c1ccccc1Br. The molecular formula is C12H14BrNO3. The fraction of sp³-hybridized carbons (Fsp3) is 0.333. The third kappa shape index (κ3) is 4.56. The van der Waals surface area contributed by atoms with Crippen molar-refractivity contribution in [3.8, 4) is 0 Å². The molecule has 1 aromatic carbocycles. The van der Waals surface area contributed by atoms with Crippen LogP contribution in [0.4, 0.5) is 0 Å². The molecule has 0 aliphatic heterocycles. The molecule has 0 saturated heterocycles. The molecule has 1 unspecified atom stereocenters. The Morgan fingerprint density at radius 1 is 1.41 bits per heavy atom. The summed E-state index contributed by atoms with van der Waals surface area (Å²) in [5.41, 5.74) is 0.551. The highest BCUT2D eigenvalue weighted by molar-refractivity contribution is 9.10. The Morgan fingerprint density at radius 3 is 2.65 bits per heavy atom. The summed E-state index contributed by atoms with van der Waals surface area (Å²) in [4.78, 5) is 22.2. The van der Waals surface area contributed by atoms with E-state index in [-0.39, 0.29) is 18.4 Å². The lowest BCUT2D eigenvalue weighted by Gasteiger charge is -2.13. The first-order chi connectivity index (χ1) is 8.00. The first-order valence-electron chi connectivity index (χ1n) is 5.28. The number of amides is 1. The number of rotatable bonds is 5. The summed E-state index contributed by atoms with van der Waals surface area (Å²) in [5.74, 6) is -1.05. The lowest BCUT2D eigenvalue weighted by atomic mass is 10.1. The van der Waals surface area contributed by atoms with Crippen molar-refractivity contribution in [3.63, 3.8) is 0 Å². The number of hydrogen-bond acceptors (Lipinski definition) is 2. The number of benzene rings is 1. The number of nitrogens with one attached hydrogen (secondary N) is 1. The van der Waals surface area contributed by atoms with Crippen molar-refractivity contribution in [2.75, 3.05) is 0 Å². The predicted molar refractivity (Wildman–Crippen MR) is 67.9 cm³/mol. The first-order valence-corrected chi connectivity index (χ1v) is 6.07.